The van der Waals surface area contributed by atoms with Gasteiger partial charge in [0.2, 0.25) is 15.9 Å². The van der Waals surface area contributed by atoms with Crippen LogP contribution in [0, 0.1) is 0 Å². The molecule has 0 aliphatic heterocycles. The highest BCUT2D eigenvalue weighted by Crippen LogP contribution is 2.27. The lowest BCUT2D eigenvalue weighted by molar-refractivity contribution is -0.117. The van der Waals surface area contributed by atoms with E-state index < -0.39 is 22.0 Å². The van der Waals surface area contributed by atoms with Gasteiger partial charge in [0, 0.05) is 15.7 Å². The summed E-state index contributed by atoms with van der Waals surface area (Å²) in [7, 11) is -2.54. The van der Waals surface area contributed by atoms with Gasteiger partial charge in [0.15, 0.2) is 0 Å². The molecule has 1 amide bonds. The molecule has 140 valence electrons. The third kappa shape index (κ3) is 5.25. The minimum absolute atomic E-state index is 0.0891. The van der Waals surface area contributed by atoms with Gasteiger partial charge in [-0.2, -0.15) is 4.72 Å². The van der Waals surface area contributed by atoms with Crippen molar-refractivity contribution in [3.8, 4) is 5.75 Å². The van der Waals surface area contributed by atoms with Gasteiger partial charge >= 0.3 is 0 Å². The second kappa shape index (κ2) is 8.45. The van der Waals surface area contributed by atoms with Gasteiger partial charge in [0.05, 0.1) is 23.1 Å². The number of benzene rings is 2. The maximum atomic E-state index is 12.4. The number of methoxy groups -OCH3 is 1. The Kier molecular flexibility index (Phi) is 6.76. The zero-order valence-electron chi connectivity index (χ0n) is 13.7. The van der Waals surface area contributed by atoms with Crippen LogP contribution in [-0.4, -0.2) is 27.5 Å². The molecule has 0 aromatic heterocycles. The molecule has 26 heavy (non-hydrogen) atoms. The van der Waals surface area contributed by atoms with Crippen molar-refractivity contribution in [1.82, 2.24) is 4.72 Å². The average Bonchev–Trinajstić information content (AvgIpc) is 2.53. The van der Waals surface area contributed by atoms with Gasteiger partial charge in [-0.1, -0.05) is 34.8 Å². The molecule has 0 fully saturated rings. The van der Waals surface area contributed by atoms with E-state index >= 15 is 0 Å². The number of carbonyl (C=O) groups is 1. The Morgan fingerprint density at radius 2 is 1.69 bits per heavy atom. The summed E-state index contributed by atoms with van der Waals surface area (Å²) < 4.78 is 32.1. The molecule has 2 rings (SSSR count). The standard InChI is InChI=1S/C16H15Cl3N2O4S/c1-9(16(22)20-12-6-10(17)5-11(18)7-12)21-26(23,24)13-3-4-15(25-2)14(19)8-13/h3-9,21H,1-2H3,(H,20,22)/t9-/m1/s1. The fraction of sp³-hybridized carbons (Fsp3) is 0.188. The van der Waals surface area contributed by atoms with Crippen LogP contribution < -0.4 is 14.8 Å². The summed E-state index contributed by atoms with van der Waals surface area (Å²) in [5, 5.41) is 3.37. The molecule has 0 unspecified atom stereocenters. The molecule has 2 N–H and O–H groups in total. The molecule has 1 atom stereocenters. The summed E-state index contributed by atoms with van der Waals surface area (Å²) in [6.07, 6.45) is 0. The number of sulfonamides is 1. The van der Waals surface area contributed by atoms with Crippen molar-refractivity contribution in [2.75, 3.05) is 12.4 Å². The number of halogens is 3. The van der Waals surface area contributed by atoms with Crippen molar-refractivity contribution in [2.45, 2.75) is 17.9 Å². The largest absolute Gasteiger partial charge is 0.495 e. The van der Waals surface area contributed by atoms with Gasteiger partial charge < -0.3 is 10.1 Å². The quantitative estimate of drug-likeness (QED) is 0.716. The summed E-state index contributed by atoms with van der Waals surface area (Å²) in [6, 6.07) is 7.44. The maximum Gasteiger partial charge on any atom is 0.242 e. The van der Waals surface area contributed by atoms with E-state index in [0.29, 0.717) is 21.5 Å². The Morgan fingerprint density at radius 1 is 1.08 bits per heavy atom. The van der Waals surface area contributed by atoms with Crippen molar-refractivity contribution >= 4 is 56.4 Å². The number of carbonyl (C=O) groups excluding carboxylic acids is 1. The van der Waals surface area contributed by atoms with E-state index in [0.717, 1.165) is 0 Å². The van der Waals surface area contributed by atoms with E-state index in [4.69, 9.17) is 39.5 Å². The van der Waals surface area contributed by atoms with E-state index in [9.17, 15) is 13.2 Å². The Bertz CT molecular complexity index is 915. The molecule has 2 aromatic carbocycles. The molecular formula is C16H15Cl3N2O4S. The molecule has 6 nitrogen and oxygen atoms in total. The molecule has 0 aliphatic carbocycles. The van der Waals surface area contributed by atoms with Crippen LogP contribution in [0.5, 0.6) is 5.75 Å². The van der Waals surface area contributed by atoms with Crippen molar-refractivity contribution in [3.05, 3.63) is 51.5 Å². The fourth-order valence-corrected chi connectivity index (χ4v) is 4.12. The molecule has 2 aromatic rings. The lowest BCUT2D eigenvalue weighted by atomic mass is 10.3. The van der Waals surface area contributed by atoms with Crippen LogP contribution in [0.3, 0.4) is 0 Å². The van der Waals surface area contributed by atoms with Crippen LogP contribution in [0.15, 0.2) is 41.3 Å². The number of amides is 1. The van der Waals surface area contributed by atoms with E-state index in [1.54, 1.807) is 0 Å². The monoisotopic (exact) mass is 436 g/mol. The second-order valence-corrected chi connectivity index (χ2v) is 8.28. The zero-order valence-corrected chi connectivity index (χ0v) is 16.8. The molecule has 0 heterocycles. The molecule has 0 radical (unpaired) electrons. The van der Waals surface area contributed by atoms with Gasteiger partial charge in [-0.15, -0.1) is 0 Å². The number of hydrogen-bond acceptors (Lipinski definition) is 4. The second-order valence-electron chi connectivity index (χ2n) is 5.29. The first-order valence-corrected chi connectivity index (χ1v) is 9.87. The van der Waals surface area contributed by atoms with Gasteiger partial charge in [-0.25, -0.2) is 8.42 Å². The van der Waals surface area contributed by atoms with Crippen LogP contribution in [0.4, 0.5) is 5.69 Å². The Labute approximate surface area is 166 Å². The molecule has 10 heteroatoms. The van der Waals surface area contributed by atoms with E-state index in [-0.39, 0.29) is 9.92 Å². The third-order valence-corrected chi connectivity index (χ3v) is 5.56. The first kappa shape index (κ1) is 20.8. The highest BCUT2D eigenvalue weighted by molar-refractivity contribution is 7.89. The average molecular weight is 438 g/mol. The topological polar surface area (TPSA) is 84.5 Å². The number of hydrogen-bond donors (Lipinski definition) is 2. The lowest BCUT2D eigenvalue weighted by Gasteiger charge is -2.15. The highest BCUT2D eigenvalue weighted by Gasteiger charge is 2.23. The zero-order chi connectivity index (χ0) is 19.5. The summed E-state index contributed by atoms with van der Waals surface area (Å²) >= 11 is 17.7. The third-order valence-electron chi connectivity index (χ3n) is 3.29. The summed E-state index contributed by atoms with van der Waals surface area (Å²) in [5.74, 6) is -0.235. The smallest absolute Gasteiger partial charge is 0.242 e. The minimum Gasteiger partial charge on any atom is -0.495 e. The lowest BCUT2D eigenvalue weighted by Crippen LogP contribution is -2.41. The van der Waals surface area contributed by atoms with Crippen LogP contribution in [0.25, 0.3) is 0 Å². The maximum absolute atomic E-state index is 12.4. The predicted octanol–water partition coefficient (Wildman–Crippen LogP) is 3.96. The SMILES string of the molecule is COc1ccc(S(=O)(=O)N[C@H](C)C(=O)Nc2cc(Cl)cc(Cl)c2)cc1Cl. The van der Waals surface area contributed by atoms with Crippen LogP contribution >= 0.6 is 34.8 Å². The predicted molar refractivity (Wildman–Crippen MR) is 103 cm³/mol. The van der Waals surface area contributed by atoms with Crippen LogP contribution in [-0.2, 0) is 14.8 Å². The number of rotatable bonds is 6. The molecule has 0 aliphatic rings. The van der Waals surface area contributed by atoms with Gasteiger partial charge in [-0.05, 0) is 43.3 Å². The van der Waals surface area contributed by atoms with Crippen molar-refractivity contribution in [1.29, 1.82) is 0 Å². The molecule has 0 saturated carbocycles. The summed E-state index contributed by atoms with van der Waals surface area (Å²) in [6.45, 7) is 1.41. The van der Waals surface area contributed by atoms with Crippen LogP contribution in [0.1, 0.15) is 6.92 Å². The normalized spacial score (nSPS) is 12.5. The first-order valence-electron chi connectivity index (χ1n) is 7.25. The van der Waals surface area contributed by atoms with Gasteiger partial charge in [0.1, 0.15) is 5.75 Å². The summed E-state index contributed by atoms with van der Waals surface area (Å²) in [5.41, 5.74) is 0.353. The minimum atomic E-state index is -3.96. The molecule has 0 saturated heterocycles. The Morgan fingerprint density at radius 3 is 2.23 bits per heavy atom. The summed E-state index contributed by atoms with van der Waals surface area (Å²) in [4.78, 5) is 12.2. The van der Waals surface area contributed by atoms with Crippen molar-refractivity contribution in [2.24, 2.45) is 0 Å². The van der Waals surface area contributed by atoms with Gasteiger partial charge in [-0.3, -0.25) is 4.79 Å². The Balaban J connectivity index is 2.13. The number of nitrogens with one attached hydrogen (secondary N) is 2. The van der Waals surface area contributed by atoms with Crippen molar-refractivity contribution in [3.63, 3.8) is 0 Å². The highest BCUT2D eigenvalue weighted by atomic mass is 35.5. The van der Waals surface area contributed by atoms with Crippen molar-refractivity contribution < 1.29 is 17.9 Å². The Hall–Kier alpha value is -1.51. The molecule has 0 bridgehead atoms. The first-order chi connectivity index (χ1) is 12.1. The molecule has 0 spiro atoms. The van der Waals surface area contributed by atoms with E-state index in [1.165, 1.54) is 50.4 Å². The van der Waals surface area contributed by atoms with E-state index in [1.807, 2.05) is 0 Å². The van der Waals surface area contributed by atoms with Gasteiger partial charge in [0.25, 0.3) is 0 Å². The number of ether oxygens (including phenoxy) is 1. The fourth-order valence-electron chi connectivity index (χ4n) is 2.05. The van der Waals surface area contributed by atoms with E-state index in [2.05, 4.69) is 10.0 Å². The molecular weight excluding hydrogens is 423 g/mol. The number of anilines is 1. The van der Waals surface area contributed by atoms with Crippen LogP contribution in [0.2, 0.25) is 15.1 Å².